The lowest BCUT2D eigenvalue weighted by atomic mass is 10.2. The Morgan fingerprint density at radius 1 is 1.40 bits per heavy atom. The number of aromatic nitrogens is 2. The van der Waals surface area contributed by atoms with Crippen molar-refractivity contribution in [2.24, 2.45) is 7.05 Å². The molecule has 0 unspecified atom stereocenters. The second-order valence-corrected chi connectivity index (χ2v) is 4.51. The summed E-state index contributed by atoms with van der Waals surface area (Å²) in [6.07, 6.45) is -2.19. The molecule has 0 amide bonds. The highest BCUT2D eigenvalue weighted by Crippen LogP contribution is 2.14. The predicted octanol–water partition coefficient (Wildman–Crippen LogP) is 2.36. The molecule has 0 fully saturated rings. The molecule has 1 aromatic carbocycles. The highest BCUT2D eigenvalue weighted by molar-refractivity contribution is 5.82. The molecular weight excluding hydrogens is 266 g/mol. The van der Waals surface area contributed by atoms with Gasteiger partial charge in [0.05, 0.1) is 24.1 Å². The fourth-order valence-electron chi connectivity index (χ4n) is 1.98. The van der Waals surface area contributed by atoms with E-state index in [1.807, 2.05) is 35.9 Å². The van der Waals surface area contributed by atoms with Gasteiger partial charge < -0.3 is 9.30 Å². The number of para-hydroxylation sites is 2. The molecule has 0 atom stereocenters. The van der Waals surface area contributed by atoms with E-state index in [1.165, 1.54) is 0 Å². The lowest BCUT2D eigenvalue weighted by Gasteiger charge is -2.04. The van der Waals surface area contributed by atoms with Gasteiger partial charge in [-0.15, -0.1) is 0 Å². The molecule has 108 valence electrons. The summed E-state index contributed by atoms with van der Waals surface area (Å²) < 4.78 is 30.3. The van der Waals surface area contributed by atoms with Gasteiger partial charge in [-0.25, -0.2) is 13.8 Å². The number of fused-ring (bicyclic) bond motifs is 1. The van der Waals surface area contributed by atoms with Crippen molar-refractivity contribution in [2.75, 3.05) is 13.2 Å². The molecular formula is C14H16F2N2O2. The third kappa shape index (κ3) is 3.60. The van der Waals surface area contributed by atoms with E-state index in [0.29, 0.717) is 5.82 Å². The van der Waals surface area contributed by atoms with Gasteiger partial charge in [-0.1, -0.05) is 12.1 Å². The number of alkyl halides is 2. The Balaban J connectivity index is 1.91. The smallest absolute Gasteiger partial charge is 0.261 e. The number of ketones is 1. The first kappa shape index (κ1) is 14.6. The molecule has 0 radical (unpaired) electrons. The molecule has 0 spiro atoms. The van der Waals surface area contributed by atoms with E-state index in [-0.39, 0.29) is 25.2 Å². The molecule has 0 N–H and O–H groups in total. The van der Waals surface area contributed by atoms with E-state index in [2.05, 4.69) is 4.98 Å². The van der Waals surface area contributed by atoms with Crippen LogP contribution in [0.1, 0.15) is 12.2 Å². The van der Waals surface area contributed by atoms with Gasteiger partial charge in [0.15, 0.2) is 0 Å². The van der Waals surface area contributed by atoms with E-state index in [9.17, 15) is 13.6 Å². The number of hydrogen-bond donors (Lipinski definition) is 0. The second-order valence-electron chi connectivity index (χ2n) is 4.51. The van der Waals surface area contributed by atoms with Gasteiger partial charge in [0.2, 0.25) is 0 Å². The zero-order chi connectivity index (χ0) is 14.5. The maximum Gasteiger partial charge on any atom is 0.261 e. The van der Waals surface area contributed by atoms with Crippen LogP contribution in [0.15, 0.2) is 24.3 Å². The molecule has 1 aromatic heterocycles. The van der Waals surface area contributed by atoms with Crippen molar-refractivity contribution in [3.8, 4) is 0 Å². The maximum absolute atomic E-state index is 11.9. The Morgan fingerprint density at radius 2 is 2.15 bits per heavy atom. The highest BCUT2D eigenvalue weighted by Gasteiger charge is 2.12. The van der Waals surface area contributed by atoms with Crippen LogP contribution in [0.2, 0.25) is 0 Å². The third-order valence-electron chi connectivity index (χ3n) is 3.00. The Morgan fingerprint density at radius 3 is 2.85 bits per heavy atom. The predicted molar refractivity (Wildman–Crippen MR) is 70.9 cm³/mol. The van der Waals surface area contributed by atoms with E-state index in [4.69, 9.17) is 4.74 Å². The van der Waals surface area contributed by atoms with Crippen molar-refractivity contribution in [1.29, 1.82) is 0 Å². The number of ether oxygens (including phenoxy) is 1. The number of carbonyl (C=O) groups excluding carboxylic acids is 1. The van der Waals surface area contributed by atoms with Crippen LogP contribution in [0, 0.1) is 0 Å². The van der Waals surface area contributed by atoms with Crippen LogP contribution in [0.25, 0.3) is 11.0 Å². The van der Waals surface area contributed by atoms with Crippen LogP contribution in [0.4, 0.5) is 8.78 Å². The van der Waals surface area contributed by atoms with Crippen LogP contribution < -0.4 is 0 Å². The first-order valence-electron chi connectivity index (χ1n) is 6.36. The summed E-state index contributed by atoms with van der Waals surface area (Å²) in [6, 6.07) is 7.62. The van der Waals surface area contributed by atoms with Gasteiger partial charge in [0, 0.05) is 13.5 Å². The van der Waals surface area contributed by atoms with Crippen molar-refractivity contribution in [3.63, 3.8) is 0 Å². The number of carbonyl (C=O) groups is 1. The van der Waals surface area contributed by atoms with Crippen LogP contribution >= 0.6 is 0 Å². The van der Waals surface area contributed by atoms with Crippen molar-refractivity contribution in [3.05, 3.63) is 30.1 Å². The SMILES string of the molecule is Cn1c(CC(=O)CCOCC(F)F)nc2ccccc21. The summed E-state index contributed by atoms with van der Waals surface area (Å²) in [6.45, 7) is -0.604. The summed E-state index contributed by atoms with van der Waals surface area (Å²) in [4.78, 5) is 16.2. The van der Waals surface area contributed by atoms with Crippen LogP contribution in [0.3, 0.4) is 0 Å². The van der Waals surface area contributed by atoms with E-state index in [0.717, 1.165) is 11.0 Å². The molecule has 6 heteroatoms. The number of halogens is 2. The molecule has 0 aliphatic heterocycles. The minimum atomic E-state index is -2.50. The topological polar surface area (TPSA) is 44.1 Å². The minimum Gasteiger partial charge on any atom is -0.375 e. The van der Waals surface area contributed by atoms with Gasteiger partial charge in [-0.2, -0.15) is 0 Å². The van der Waals surface area contributed by atoms with E-state index < -0.39 is 13.0 Å². The number of aryl methyl sites for hydroxylation is 1. The maximum atomic E-state index is 11.9. The van der Waals surface area contributed by atoms with Crippen molar-refractivity contribution in [1.82, 2.24) is 9.55 Å². The molecule has 20 heavy (non-hydrogen) atoms. The van der Waals surface area contributed by atoms with Gasteiger partial charge in [-0.05, 0) is 12.1 Å². The summed E-state index contributed by atoms with van der Waals surface area (Å²) in [5, 5.41) is 0. The monoisotopic (exact) mass is 282 g/mol. The van der Waals surface area contributed by atoms with Gasteiger partial charge in [-0.3, -0.25) is 4.79 Å². The Labute approximate surface area is 115 Å². The van der Waals surface area contributed by atoms with E-state index >= 15 is 0 Å². The lowest BCUT2D eigenvalue weighted by Crippen LogP contribution is -2.12. The molecule has 1 heterocycles. The quantitative estimate of drug-likeness (QED) is 0.732. The average molecular weight is 282 g/mol. The Hall–Kier alpha value is -1.82. The normalized spacial score (nSPS) is 11.4. The fraction of sp³-hybridized carbons (Fsp3) is 0.429. The van der Waals surface area contributed by atoms with Crippen LogP contribution in [0.5, 0.6) is 0 Å². The largest absolute Gasteiger partial charge is 0.375 e. The Kier molecular flexibility index (Phi) is 4.79. The first-order valence-corrected chi connectivity index (χ1v) is 6.36. The molecule has 2 rings (SSSR count). The number of benzene rings is 1. The summed E-state index contributed by atoms with van der Waals surface area (Å²) in [5.74, 6) is 0.600. The Bertz CT molecular complexity index is 596. The molecule has 0 saturated carbocycles. The van der Waals surface area contributed by atoms with Gasteiger partial charge in [0.25, 0.3) is 6.43 Å². The highest BCUT2D eigenvalue weighted by atomic mass is 19.3. The second kappa shape index (κ2) is 6.56. The number of imidazole rings is 1. The summed E-state index contributed by atoms with van der Waals surface area (Å²) >= 11 is 0. The molecule has 0 aliphatic rings. The van der Waals surface area contributed by atoms with Crippen molar-refractivity contribution in [2.45, 2.75) is 19.3 Å². The molecule has 2 aromatic rings. The zero-order valence-electron chi connectivity index (χ0n) is 11.2. The number of nitrogens with zero attached hydrogens (tertiary/aromatic N) is 2. The third-order valence-corrected chi connectivity index (χ3v) is 3.00. The number of rotatable bonds is 7. The number of hydrogen-bond acceptors (Lipinski definition) is 3. The fourth-order valence-corrected chi connectivity index (χ4v) is 1.98. The molecule has 0 bridgehead atoms. The summed E-state index contributed by atoms with van der Waals surface area (Å²) in [7, 11) is 1.85. The van der Waals surface area contributed by atoms with Crippen LogP contribution in [-0.4, -0.2) is 35.0 Å². The van der Waals surface area contributed by atoms with Crippen LogP contribution in [-0.2, 0) is 23.0 Å². The molecule has 4 nitrogen and oxygen atoms in total. The lowest BCUT2D eigenvalue weighted by molar-refractivity contribution is -0.120. The first-order chi connectivity index (χ1) is 9.58. The average Bonchev–Trinajstić information content (AvgIpc) is 2.72. The summed E-state index contributed by atoms with van der Waals surface area (Å²) in [5.41, 5.74) is 1.80. The van der Waals surface area contributed by atoms with Gasteiger partial charge in [0.1, 0.15) is 18.2 Å². The van der Waals surface area contributed by atoms with Crippen molar-refractivity contribution < 1.29 is 18.3 Å². The standard InChI is InChI=1S/C14H16F2N2O2/c1-18-12-5-3-2-4-11(12)17-14(18)8-10(19)6-7-20-9-13(15)16/h2-5,13H,6-9H2,1H3. The molecule has 0 saturated heterocycles. The van der Waals surface area contributed by atoms with Crippen molar-refractivity contribution >= 4 is 16.8 Å². The van der Waals surface area contributed by atoms with Gasteiger partial charge >= 0.3 is 0 Å². The zero-order valence-corrected chi connectivity index (χ0v) is 11.2. The number of Topliss-reactive ketones (excluding diaryl/α,β-unsaturated/α-hetero) is 1. The molecule has 0 aliphatic carbocycles. The van der Waals surface area contributed by atoms with E-state index in [1.54, 1.807) is 0 Å². The minimum absolute atomic E-state index is 0.0209.